The van der Waals surface area contributed by atoms with Crippen LogP contribution >= 0.6 is 0 Å². The predicted octanol–water partition coefficient (Wildman–Crippen LogP) is 1.40. The number of likely N-dealkylation sites (N-methyl/N-ethyl adjacent to an activating group) is 1. The van der Waals surface area contributed by atoms with E-state index in [9.17, 15) is 4.79 Å². The maximum absolute atomic E-state index is 12.9. The van der Waals surface area contributed by atoms with Crippen molar-refractivity contribution >= 4 is 5.91 Å². The van der Waals surface area contributed by atoms with Gasteiger partial charge in [0.1, 0.15) is 5.54 Å². The summed E-state index contributed by atoms with van der Waals surface area (Å²) in [6.45, 7) is 11.8. The normalized spacial score (nSPS) is 34.5. The molecule has 2 N–H and O–H groups in total. The number of ether oxygens (including phenoxy) is 2. The molecule has 0 aromatic carbocycles. The van der Waals surface area contributed by atoms with E-state index in [-0.39, 0.29) is 17.4 Å². The van der Waals surface area contributed by atoms with Gasteiger partial charge in [-0.2, -0.15) is 0 Å². The predicted molar refractivity (Wildman–Crippen MR) is 81.9 cm³/mol. The van der Waals surface area contributed by atoms with Crippen LogP contribution in [0.5, 0.6) is 0 Å². The minimum Gasteiger partial charge on any atom is -0.381 e. The SMILES string of the molecule is CCOC1CC(N)(C(=O)N(CC)CC2CCOC2)C1(C)C. The van der Waals surface area contributed by atoms with Crippen molar-refractivity contribution in [3.8, 4) is 0 Å². The Hall–Kier alpha value is -0.650. The summed E-state index contributed by atoms with van der Waals surface area (Å²) in [5, 5.41) is 0. The maximum atomic E-state index is 12.9. The van der Waals surface area contributed by atoms with Crippen molar-refractivity contribution in [1.82, 2.24) is 4.90 Å². The standard InChI is InChI=1S/C16H30N2O3/c1-5-18(10-12-7-8-20-11-12)14(19)16(17)9-13(21-6-2)15(16,3)4/h12-13H,5-11,17H2,1-4H3. The minimum absolute atomic E-state index is 0.0675. The van der Waals surface area contributed by atoms with Gasteiger partial charge >= 0.3 is 0 Å². The Labute approximate surface area is 128 Å². The zero-order valence-corrected chi connectivity index (χ0v) is 13.9. The second kappa shape index (κ2) is 6.23. The van der Waals surface area contributed by atoms with Gasteiger partial charge in [-0.15, -0.1) is 0 Å². The van der Waals surface area contributed by atoms with E-state index < -0.39 is 5.54 Å². The summed E-state index contributed by atoms with van der Waals surface area (Å²) in [6.07, 6.45) is 1.72. The van der Waals surface area contributed by atoms with Crippen molar-refractivity contribution in [2.45, 2.75) is 52.2 Å². The van der Waals surface area contributed by atoms with Gasteiger partial charge in [-0.05, 0) is 20.3 Å². The molecule has 3 unspecified atom stereocenters. The number of nitrogens with two attached hydrogens (primary N) is 1. The number of carbonyl (C=O) groups is 1. The maximum Gasteiger partial charge on any atom is 0.243 e. The molecule has 5 heteroatoms. The highest BCUT2D eigenvalue weighted by Crippen LogP contribution is 2.50. The summed E-state index contributed by atoms with van der Waals surface area (Å²) in [5.41, 5.74) is 5.37. The third kappa shape index (κ3) is 2.83. The smallest absolute Gasteiger partial charge is 0.243 e. The molecule has 1 saturated heterocycles. The number of hydrogen-bond acceptors (Lipinski definition) is 4. The Balaban J connectivity index is 2.03. The third-order valence-electron chi connectivity index (χ3n) is 5.38. The monoisotopic (exact) mass is 298 g/mol. The van der Waals surface area contributed by atoms with E-state index in [0.717, 1.165) is 26.2 Å². The van der Waals surface area contributed by atoms with Crippen LogP contribution in [-0.2, 0) is 14.3 Å². The Bertz CT molecular complexity index is 380. The Morgan fingerprint density at radius 1 is 1.43 bits per heavy atom. The summed E-state index contributed by atoms with van der Waals surface area (Å²) >= 11 is 0. The average Bonchev–Trinajstić information content (AvgIpc) is 2.96. The summed E-state index contributed by atoms with van der Waals surface area (Å²) in [6, 6.07) is 0. The molecule has 0 aromatic rings. The van der Waals surface area contributed by atoms with Crippen LogP contribution in [0, 0.1) is 11.3 Å². The van der Waals surface area contributed by atoms with Crippen LogP contribution in [-0.4, -0.2) is 55.4 Å². The molecule has 5 nitrogen and oxygen atoms in total. The van der Waals surface area contributed by atoms with E-state index in [4.69, 9.17) is 15.2 Å². The van der Waals surface area contributed by atoms with Crippen LogP contribution in [0.4, 0.5) is 0 Å². The summed E-state index contributed by atoms with van der Waals surface area (Å²) < 4.78 is 11.1. The summed E-state index contributed by atoms with van der Waals surface area (Å²) in [5.74, 6) is 0.515. The van der Waals surface area contributed by atoms with Crippen molar-refractivity contribution in [2.24, 2.45) is 17.1 Å². The van der Waals surface area contributed by atoms with E-state index in [2.05, 4.69) is 0 Å². The fourth-order valence-electron chi connectivity index (χ4n) is 3.47. The Morgan fingerprint density at radius 2 is 2.14 bits per heavy atom. The van der Waals surface area contributed by atoms with Gasteiger partial charge in [0.2, 0.25) is 5.91 Å². The second-order valence-corrected chi connectivity index (χ2v) is 6.91. The van der Waals surface area contributed by atoms with E-state index in [1.54, 1.807) is 0 Å². The fourth-order valence-corrected chi connectivity index (χ4v) is 3.47. The van der Waals surface area contributed by atoms with Gasteiger partial charge in [0.25, 0.3) is 0 Å². The van der Waals surface area contributed by atoms with Crippen LogP contribution < -0.4 is 5.73 Å². The van der Waals surface area contributed by atoms with Gasteiger partial charge in [0.15, 0.2) is 0 Å². The molecule has 0 spiro atoms. The first kappa shape index (κ1) is 16.7. The molecule has 0 bridgehead atoms. The summed E-state index contributed by atoms with van der Waals surface area (Å²) in [7, 11) is 0. The molecule has 3 atom stereocenters. The summed E-state index contributed by atoms with van der Waals surface area (Å²) in [4.78, 5) is 14.8. The number of carbonyl (C=O) groups excluding carboxylic acids is 1. The molecular weight excluding hydrogens is 268 g/mol. The van der Waals surface area contributed by atoms with Crippen LogP contribution in [0.1, 0.15) is 40.5 Å². The molecule has 1 aliphatic carbocycles. The molecule has 21 heavy (non-hydrogen) atoms. The number of rotatable bonds is 6. The van der Waals surface area contributed by atoms with Crippen molar-refractivity contribution in [1.29, 1.82) is 0 Å². The van der Waals surface area contributed by atoms with Gasteiger partial charge in [0.05, 0.1) is 12.7 Å². The highest BCUT2D eigenvalue weighted by molar-refractivity contribution is 5.89. The number of nitrogens with zero attached hydrogens (tertiary/aromatic N) is 1. The van der Waals surface area contributed by atoms with Gasteiger partial charge in [-0.25, -0.2) is 0 Å². The van der Waals surface area contributed by atoms with Crippen LogP contribution in [0.25, 0.3) is 0 Å². The first-order valence-corrected chi connectivity index (χ1v) is 8.14. The first-order valence-electron chi connectivity index (χ1n) is 8.14. The van der Waals surface area contributed by atoms with Crippen molar-refractivity contribution < 1.29 is 14.3 Å². The Kier molecular flexibility index (Phi) is 4.96. The van der Waals surface area contributed by atoms with Gasteiger partial charge < -0.3 is 20.1 Å². The van der Waals surface area contributed by atoms with Crippen LogP contribution in [0.15, 0.2) is 0 Å². The molecule has 2 fully saturated rings. The molecule has 2 aliphatic rings. The first-order chi connectivity index (χ1) is 9.86. The van der Waals surface area contributed by atoms with Crippen LogP contribution in [0.2, 0.25) is 0 Å². The number of hydrogen-bond donors (Lipinski definition) is 1. The van der Waals surface area contributed by atoms with Gasteiger partial charge in [0, 0.05) is 44.1 Å². The minimum atomic E-state index is -0.803. The third-order valence-corrected chi connectivity index (χ3v) is 5.38. The molecule has 1 amide bonds. The zero-order valence-electron chi connectivity index (χ0n) is 13.9. The van der Waals surface area contributed by atoms with E-state index in [0.29, 0.717) is 25.5 Å². The quantitative estimate of drug-likeness (QED) is 0.805. The molecule has 1 saturated carbocycles. The highest BCUT2D eigenvalue weighted by Gasteiger charge is 2.63. The van der Waals surface area contributed by atoms with Crippen LogP contribution in [0.3, 0.4) is 0 Å². The van der Waals surface area contributed by atoms with E-state index in [1.165, 1.54) is 0 Å². The lowest BCUT2D eigenvalue weighted by atomic mass is 9.54. The topological polar surface area (TPSA) is 64.8 Å². The van der Waals surface area contributed by atoms with Gasteiger partial charge in [-0.1, -0.05) is 13.8 Å². The molecule has 0 aromatic heterocycles. The lowest BCUT2D eigenvalue weighted by molar-refractivity contribution is -0.179. The van der Waals surface area contributed by atoms with Gasteiger partial charge in [-0.3, -0.25) is 4.79 Å². The lowest BCUT2D eigenvalue weighted by Gasteiger charge is -2.58. The molecule has 1 aliphatic heterocycles. The lowest BCUT2D eigenvalue weighted by Crippen LogP contribution is -2.76. The average molecular weight is 298 g/mol. The molecule has 2 rings (SSSR count). The largest absolute Gasteiger partial charge is 0.381 e. The highest BCUT2D eigenvalue weighted by atomic mass is 16.5. The fraction of sp³-hybridized carbons (Fsp3) is 0.938. The van der Waals surface area contributed by atoms with Crippen molar-refractivity contribution in [3.05, 3.63) is 0 Å². The molecule has 1 heterocycles. The van der Waals surface area contributed by atoms with Crippen molar-refractivity contribution in [2.75, 3.05) is 32.9 Å². The second-order valence-electron chi connectivity index (χ2n) is 6.91. The molecule has 0 radical (unpaired) electrons. The number of amides is 1. The van der Waals surface area contributed by atoms with E-state index in [1.807, 2.05) is 32.6 Å². The zero-order chi connectivity index (χ0) is 15.7. The molecule has 122 valence electrons. The van der Waals surface area contributed by atoms with E-state index >= 15 is 0 Å². The van der Waals surface area contributed by atoms with Crippen molar-refractivity contribution in [3.63, 3.8) is 0 Å². The Morgan fingerprint density at radius 3 is 2.62 bits per heavy atom. The molecular formula is C16H30N2O3.